The van der Waals surface area contributed by atoms with E-state index in [2.05, 4.69) is 30.9 Å². The van der Waals surface area contributed by atoms with Crippen LogP contribution in [0.2, 0.25) is 0 Å². The van der Waals surface area contributed by atoms with Crippen molar-refractivity contribution in [2.24, 2.45) is 32.2 Å². The van der Waals surface area contributed by atoms with E-state index in [-0.39, 0.29) is 29.6 Å². The van der Waals surface area contributed by atoms with E-state index in [4.69, 9.17) is 31.4 Å². The lowest BCUT2D eigenvalue weighted by Crippen LogP contribution is -2.62. The maximum Gasteiger partial charge on any atom is 0.416 e. The third-order valence-electron chi connectivity index (χ3n) is 8.82. The molecule has 0 radical (unpaired) electrons. The summed E-state index contributed by atoms with van der Waals surface area (Å²) in [6.45, 7) is -1.94. The van der Waals surface area contributed by atoms with Crippen LogP contribution >= 0.6 is 0 Å². The summed E-state index contributed by atoms with van der Waals surface area (Å²) in [6.07, 6.45) is -19.0. The van der Waals surface area contributed by atoms with Gasteiger partial charge in [-0.2, -0.15) is 26.3 Å². The summed E-state index contributed by atoms with van der Waals surface area (Å²) >= 11 is 0. The van der Waals surface area contributed by atoms with Crippen molar-refractivity contribution in [1.29, 1.82) is 0 Å². The normalized spacial score (nSPS) is 27.6. The van der Waals surface area contributed by atoms with Crippen LogP contribution in [0.5, 0.6) is 0 Å². The monoisotopic (exact) mass is 831 g/mol. The first kappa shape index (κ1) is 43.8. The van der Waals surface area contributed by atoms with Crippen LogP contribution in [0, 0.1) is 5.82 Å². The summed E-state index contributed by atoms with van der Waals surface area (Å²) in [6, 6.07) is 8.62. The molecule has 16 nitrogen and oxygen atoms in total. The number of alkyl halides is 6. The predicted octanol–water partition coefficient (Wildman–Crippen LogP) is 1.76. The first-order valence-electron chi connectivity index (χ1n) is 17.3. The summed E-state index contributed by atoms with van der Waals surface area (Å²) in [5, 5.41) is 50.1. The van der Waals surface area contributed by atoms with Crippen LogP contribution < -0.4 is 33.2 Å². The van der Waals surface area contributed by atoms with E-state index in [1.165, 1.54) is 24.3 Å². The summed E-state index contributed by atoms with van der Waals surface area (Å²) in [7, 11) is 0. The SMILES string of the molecule is NC(=N[C@@H]1[C@H](O[C@@H]2O[C@H](CO)[C@@H](O)[C@H](O)[C@H]2N=C(N)Nc2cccc(C(F)(F)F)c2)[C@@H](N=C(N)Nc2cccc(C(F)(F)F)c2)CO[C@@H]1CO)Nc1ccc(F)cc1. The Labute approximate surface area is 325 Å². The Balaban J connectivity index is 1.52. The fourth-order valence-corrected chi connectivity index (χ4v) is 6.05. The van der Waals surface area contributed by atoms with Crippen LogP contribution in [0.15, 0.2) is 87.8 Å². The number of anilines is 3. The highest BCUT2D eigenvalue weighted by Crippen LogP contribution is 2.34. The number of hydrogen-bond donors (Lipinski definition) is 10. The van der Waals surface area contributed by atoms with E-state index in [1.54, 1.807) is 0 Å². The molecule has 2 saturated heterocycles. The van der Waals surface area contributed by atoms with E-state index in [9.17, 15) is 51.2 Å². The highest BCUT2D eigenvalue weighted by molar-refractivity contribution is 5.93. The second-order valence-electron chi connectivity index (χ2n) is 13.0. The number of ether oxygens (including phenoxy) is 3. The molecule has 5 rings (SSSR count). The highest BCUT2D eigenvalue weighted by Gasteiger charge is 2.50. The summed E-state index contributed by atoms with van der Waals surface area (Å²) in [5.41, 5.74) is 16.4. The molecule has 3 aromatic rings. The van der Waals surface area contributed by atoms with E-state index in [0.717, 1.165) is 48.5 Å². The minimum absolute atomic E-state index is 0.0996. The third-order valence-corrected chi connectivity index (χ3v) is 8.82. The van der Waals surface area contributed by atoms with Gasteiger partial charge in [-0.3, -0.25) is 0 Å². The van der Waals surface area contributed by atoms with Crippen molar-refractivity contribution in [3.8, 4) is 0 Å². The fraction of sp³-hybridized carbons (Fsp3) is 0.400. The summed E-state index contributed by atoms with van der Waals surface area (Å²) in [5.74, 6) is -1.87. The zero-order valence-electron chi connectivity index (χ0n) is 30.0. The third kappa shape index (κ3) is 11.2. The Kier molecular flexibility index (Phi) is 14.0. The molecule has 2 aliphatic rings. The Morgan fingerprint density at radius 2 is 1.19 bits per heavy atom. The fourth-order valence-electron chi connectivity index (χ4n) is 6.05. The Morgan fingerprint density at radius 3 is 1.71 bits per heavy atom. The predicted molar refractivity (Wildman–Crippen MR) is 196 cm³/mol. The van der Waals surface area contributed by atoms with Crippen LogP contribution in [0.25, 0.3) is 0 Å². The largest absolute Gasteiger partial charge is 0.416 e. The molecule has 3 aromatic carbocycles. The van der Waals surface area contributed by atoms with Crippen molar-refractivity contribution < 1.29 is 65.4 Å². The van der Waals surface area contributed by atoms with Crippen molar-refractivity contribution in [3.05, 3.63) is 89.7 Å². The van der Waals surface area contributed by atoms with E-state index in [0.29, 0.717) is 0 Å². The molecule has 2 fully saturated rings. The van der Waals surface area contributed by atoms with Crippen molar-refractivity contribution >= 4 is 34.9 Å². The number of aliphatic imine (C=N–C) groups is 3. The number of aliphatic hydroxyl groups excluding tert-OH is 4. The number of nitrogens with two attached hydrogens (primary N) is 3. The summed E-state index contributed by atoms with van der Waals surface area (Å²) in [4.78, 5) is 12.9. The van der Waals surface area contributed by atoms with Gasteiger partial charge in [0, 0.05) is 17.1 Å². The number of halogens is 7. The number of aliphatic hydroxyl groups is 4. The molecular weight excluding hydrogens is 791 g/mol. The zero-order chi connectivity index (χ0) is 42.4. The van der Waals surface area contributed by atoms with Crippen molar-refractivity contribution in [1.82, 2.24) is 0 Å². The van der Waals surface area contributed by atoms with Gasteiger partial charge in [0.25, 0.3) is 0 Å². The molecule has 316 valence electrons. The lowest BCUT2D eigenvalue weighted by Gasteiger charge is -2.45. The van der Waals surface area contributed by atoms with Gasteiger partial charge in [-0.15, -0.1) is 0 Å². The lowest BCUT2D eigenvalue weighted by molar-refractivity contribution is -0.288. The van der Waals surface area contributed by atoms with Gasteiger partial charge in [0.15, 0.2) is 24.2 Å². The number of nitrogens with one attached hydrogen (secondary N) is 3. The second kappa shape index (κ2) is 18.5. The van der Waals surface area contributed by atoms with Gasteiger partial charge < -0.3 is 67.8 Å². The van der Waals surface area contributed by atoms with Crippen LogP contribution in [0.4, 0.5) is 47.8 Å². The standard InChI is InChI=1S/C35H40F7N9O7/c36-18-7-9-19(10-8-18)46-32(44)50-25-23(13-52)56-15-22(49-31(43)47-20-5-1-3-16(11-20)34(37,38)39)29(25)58-30-26(28(55)27(54)24(14-53)57-30)51-33(45)48-21-6-2-4-17(12-21)35(40,41)42/h1-12,22-30,52-55H,13-15H2,(H3,43,47,49)(H3,44,46,50)(H3,45,48,51)/t22-,23+,24+,25-,26+,27+,28+,29+,30-/m0/s1. The molecule has 0 spiro atoms. The first-order valence-corrected chi connectivity index (χ1v) is 17.3. The molecular formula is C35H40F7N9O7. The Bertz CT molecular complexity index is 1940. The van der Waals surface area contributed by atoms with E-state index < -0.39 is 109 Å². The molecule has 0 unspecified atom stereocenters. The molecule has 2 aliphatic heterocycles. The minimum Gasteiger partial charge on any atom is -0.394 e. The molecule has 0 amide bonds. The second-order valence-corrected chi connectivity index (χ2v) is 13.0. The van der Waals surface area contributed by atoms with Crippen LogP contribution in [-0.4, -0.2) is 113 Å². The van der Waals surface area contributed by atoms with Gasteiger partial charge in [0.05, 0.1) is 30.9 Å². The van der Waals surface area contributed by atoms with Crippen molar-refractivity contribution in [2.75, 3.05) is 35.8 Å². The number of guanidine groups is 3. The minimum atomic E-state index is -4.70. The van der Waals surface area contributed by atoms with E-state index >= 15 is 0 Å². The zero-order valence-corrected chi connectivity index (χ0v) is 30.0. The average Bonchev–Trinajstić information content (AvgIpc) is 3.16. The van der Waals surface area contributed by atoms with Crippen LogP contribution in [0.3, 0.4) is 0 Å². The molecule has 23 heteroatoms. The Morgan fingerprint density at radius 1 is 0.690 bits per heavy atom. The van der Waals surface area contributed by atoms with Crippen LogP contribution in [0.1, 0.15) is 11.1 Å². The van der Waals surface area contributed by atoms with Crippen molar-refractivity contribution in [3.63, 3.8) is 0 Å². The van der Waals surface area contributed by atoms with Gasteiger partial charge in [-0.25, -0.2) is 19.4 Å². The van der Waals surface area contributed by atoms with Crippen molar-refractivity contribution in [2.45, 2.75) is 67.3 Å². The maximum atomic E-state index is 13.6. The molecule has 0 bridgehead atoms. The average molecular weight is 832 g/mol. The van der Waals surface area contributed by atoms with Crippen LogP contribution in [-0.2, 0) is 26.6 Å². The summed E-state index contributed by atoms with van der Waals surface area (Å²) < 4.78 is 112. The quantitative estimate of drug-likeness (QED) is 0.0795. The molecule has 2 heterocycles. The Hall–Kier alpha value is -5.30. The van der Waals surface area contributed by atoms with E-state index in [1.807, 2.05) is 0 Å². The molecule has 0 aromatic heterocycles. The molecule has 0 saturated carbocycles. The molecule has 9 atom stereocenters. The number of rotatable bonds is 10. The number of hydrogen-bond acceptors (Lipinski definition) is 10. The first-order chi connectivity index (χ1) is 27.4. The van der Waals surface area contributed by atoms with Gasteiger partial charge in [0.2, 0.25) is 0 Å². The van der Waals surface area contributed by atoms with Gasteiger partial charge in [-0.1, -0.05) is 12.1 Å². The lowest BCUT2D eigenvalue weighted by atomic mass is 9.94. The number of nitrogens with zero attached hydrogens (tertiary/aromatic N) is 3. The molecule has 13 N–H and O–H groups in total. The van der Waals surface area contributed by atoms with Gasteiger partial charge in [-0.05, 0) is 60.7 Å². The smallest absolute Gasteiger partial charge is 0.394 e. The highest BCUT2D eigenvalue weighted by atomic mass is 19.4. The van der Waals surface area contributed by atoms with Gasteiger partial charge in [0.1, 0.15) is 54.5 Å². The van der Waals surface area contributed by atoms with Gasteiger partial charge >= 0.3 is 12.4 Å². The topological polar surface area (TPSA) is 260 Å². The molecule has 58 heavy (non-hydrogen) atoms. The molecule has 0 aliphatic carbocycles. The maximum absolute atomic E-state index is 13.6. The number of benzene rings is 3.